The van der Waals surface area contributed by atoms with Crippen LogP contribution in [0.1, 0.15) is 22.6 Å². The summed E-state index contributed by atoms with van der Waals surface area (Å²) in [7, 11) is 0. The van der Waals surface area contributed by atoms with Crippen molar-refractivity contribution in [3.05, 3.63) is 69.0 Å². The molecule has 0 unspecified atom stereocenters. The Morgan fingerprint density at radius 3 is 2.90 bits per heavy atom. The minimum absolute atomic E-state index is 0.0189. The van der Waals surface area contributed by atoms with Crippen molar-refractivity contribution in [3.8, 4) is 17.3 Å². The Hall–Kier alpha value is -3.79. The zero-order chi connectivity index (χ0) is 20.9. The number of rotatable bonds is 5. The molecule has 0 radical (unpaired) electrons. The number of thiophene rings is 1. The van der Waals surface area contributed by atoms with Gasteiger partial charge in [0.1, 0.15) is 29.3 Å². The van der Waals surface area contributed by atoms with E-state index in [1.54, 1.807) is 34.3 Å². The number of fused-ring (bicyclic) bond motifs is 5. The van der Waals surface area contributed by atoms with Crippen LogP contribution >= 0.6 is 11.3 Å². The van der Waals surface area contributed by atoms with Gasteiger partial charge in [-0.25, -0.2) is 14.5 Å². The summed E-state index contributed by atoms with van der Waals surface area (Å²) in [6, 6.07) is 9.54. The van der Waals surface area contributed by atoms with E-state index in [0.717, 1.165) is 28.7 Å². The second-order valence-corrected chi connectivity index (χ2v) is 8.37. The molecule has 0 bridgehead atoms. The highest BCUT2D eigenvalue weighted by Gasteiger charge is 2.22. The van der Waals surface area contributed by atoms with E-state index in [1.165, 1.54) is 29.0 Å². The Bertz CT molecular complexity index is 1450. The molecule has 0 spiro atoms. The number of benzene rings is 1. The molecular formula is C21H15N5O4S. The second-order valence-electron chi connectivity index (χ2n) is 7.29. The molecule has 6 rings (SSSR count). The summed E-state index contributed by atoms with van der Waals surface area (Å²) < 4.78 is 13.2. The van der Waals surface area contributed by atoms with Gasteiger partial charge >= 0.3 is 0 Å². The number of nitrogens with zero attached hydrogens (tertiary/aromatic N) is 5. The number of ether oxygens (including phenoxy) is 1. The van der Waals surface area contributed by atoms with Crippen molar-refractivity contribution >= 4 is 32.9 Å². The minimum atomic E-state index is -0.446. The lowest BCUT2D eigenvalue weighted by Gasteiger charge is -2.03. The number of non-ortho nitro benzene ring substituents is 1. The molecule has 0 N–H and O–H groups in total. The molecule has 0 saturated carbocycles. The molecule has 154 valence electrons. The van der Waals surface area contributed by atoms with E-state index in [1.807, 2.05) is 12.1 Å². The number of nitro groups is 1. The molecule has 0 aliphatic heterocycles. The third-order valence-electron chi connectivity index (χ3n) is 5.35. The van der Waals surface area contributed by atoms with Gasteiger partial charge in [0.05, 0.1) is 10.3 Å². The number of nitro benzene ring substituents is 1. The molecule has 10 heteroatoms. The van der Waals surface area contributed by atoms with E-state index < -0.39 is 4.92 Å². The van der Waals surface area contributed by atoms with Crippen molar-refractivity contribution in [2.45, 2.75) is 25.9 Å². The molecule has 31 heavy (non-hydrogen) atoms. The van der Waals surface area contributed by atoms with Crippen LogP contribution in [0.2, 0.25) is 0 Å². The molecule has 5 aromatic rings. The first-order chi connectivity index (χ1) is 15.2. The van der Waals surface area contributed by atoms with E-state index in [2.05, 4.69) is 10.1 Å². The van der Waals surface area contributed by atoms with Crippen LogP contribution in [-0.2, 0) is 19.4 Å². The zero-order valence-electron chi connectivity index (χ0n) is 16.1. The fourth-order valence-corrected chi connectivity index (χ4v) is 5.11. The van der Waals surface area contributed by atoms with Crippen molar-refractivity contribution < 1.29 is 14.1 Å². The van der Waals surface area contributed by atoms with Gasteiger partial charge in [0, 0.05) is 17.0 Å². The summed E-state index contributed by atoms with van der Waals surface area (Å²) in [5.74, 6) is 2.17. The van der Waals surface area contributed by atoms with Crippen LogP contribution in [0.25, 0.3) is 27.4 Å². The summed E-state index contributed by atoms with van der Waals surface area (Å²) in [6.45, 7) is 0.190. The quantitative estimate of drug-likeness (QED) is 0.295. The topological polar surface area (TPSA) is 109 Å². The first-order valence-electron chi connectivity index (χ1n) is 9.78. The molecule has 0 atom stereocenters. The normalized spacial score (nSPS) is 13.2. The highest BCUT2D eigenvalue weighted by Crippen LogP contribution is 2.38. The molecule has 1 aliphatic rings. The zero-order valence-corrected chi connectivity index (χ0v) is 17.0. The van der Waals surface area contributed by atoms with Crippen LogP contribution in [0.4, 0.5) is 5.69 Å². The van der Waals surface area contributed by atoms with Crippen LogP contribution in [0.3, 0.4) is 0 Å². The third kappa shape index (κ3) is 3.03. The number of aryl methyl sites for hydroxylation is 2. The summed E-state index contributed by atoms with van der Waals surface area (Å²) in [6.07, 6.45) is 5.04. The standard InChI is InChI=1S/C21H15N5O4S/c27-26(28)12-4-6-13(7-5-12)29-10-14-8-9-16(30-14)19-23-20-18-15-2-1-3-17(15)31-21(18)22-11-25(20)24-19/h4-9,11H,1-3,10H2. The molecule has 4 aromatic heterocycles. The van der Waals surface area contributed by atoms with Crippen LogP contribution in [0, 0.1) is 10.1 Å². The van der Waals surface area contributed by atoms with Crippen molar-refractivity contribution in [3.63, 3.8) is 0 Å². The Morgan fingerprint density at radius 1 is 1.19 bits per heavy atom. The molecule has 1 aromatic carbocycles. The number of hydrogen-bond donors (Lipinski definition) is 0. The van der Waals surface area contributed by atoms with Crippen molar-refractivity contribution in [2.75, 3.05) is 0 Å². The van der Waals surface area contributed by atoms with Gasteiger partial charge in [-0.15, -0.1) is 16.4 Å². The molecular weight excluding hydrogens is 418 g/mol. The lowest BCUT2D eigenvalue weighted by Crippen LogP contribution is -1.94. The minimum Gasteiger partial charge on any atom is -0.486 e. The molecule has 0 amide bonds. The summed E-state index contributed by atoms with van der Waals surface area (Å²) in [4.78, 5) is 22.0. The van der Waals surface area contributed by atoms with E-state index in [9.17, 15) is 10.1 Å². The van der Waals surface area contributed by atoms with Crippen molar-refractivity contribution in [2.24, 2.45) is 0 Å². The van der Waals surface area contributed by atoms with Gasteiger partial charge in [0.25, 0.3) is 5.69 Å². The average molecular weight is 433 g/mol. The fourth-order valence-electron chi connectivity index (χ4n) is 3.89. The average Bonchev–Trinajstić information content (AvgIpc) is 3.54. The Kier molecular flexibility index (Phi) is 4.00. The van der Waals surface area contributed by atoms with E-state index >= 15 is 0 Å². The number of aromatic nitrogens is 4. The molecule has 9 nitrogen and oxygen atoms in total. The highest BCUT2D eigenvalue weighted by molar-refractivity contribution is 7.19. The Balaban J connectivity index is 1.26. The molecule has 0 fully saturated rings. The van der Waals surface area contributed by atoms with Gasteiger partial charge in [-0.2, -0.15) is 0 Å². The largest absolute Gasteiger partial charge is 0.486 e. The highest BCUT2D eigenvalue weighted by atomic mass is 32.1. The van der Waals surface area contributed by atoms with Crippen LogP contribution in [-0.4, -0.2) is 24.5 Å². The van der Waals surface area contributed by atoms with Gasteiger partial charge in [0.15, 0.2) is 11.4 Å². The van der Waals surface area contributed by atoms with E-state index in [0.29, 0.717) is 23.1 Å². The third-order valence-corrected chi connectivity index (χ3v) is 6.55. The number of furan rings is 1. The SMILES string of the molecule is O=[N+]([O-])c1ccc(OCc2ccc(-c3nc4c5c6c(sc5ncn4n3)CCC6)o2)cc1. The maximum absolute atomic E-state index is 10.7. The lowest BCUT2D eigenvalue weighted by atomic mass is 10.2. The summed E-state index contributed by atoms with van der Waals surface area (Å²) in [5, 5.41) is 16.4. The fraction of sp³-hybridized carbons (Fsp3) is 0.190. The maximum atomic E-state index is 10.7. The van der Waals surface area contributed by atoms with Gasteiger partial charge in [-0.1, -0.05) is 0 Å². The van der Waals surface area contributed by atoms with Gasteiger partial charge in [-0.05, 0) is 49.1 Å². The van der Waals surface area contributed by atoms with Gasteiger partial charge in [-0.3, -0.25) is 10.1 Å². The summed E-state index contributed by atoms with van der Waals surface area (Å²) in [5.41, 5.74) is 2.18. The predicted molar refractivity (Wildman–Crippen MR) is 113 cm³/mol. The van der Waals surface area contributed by atoms with Crippen molar-refractivity contribution in [1.29, 1.82) is 0 Å². The van der Waals surface area contributed by atoms with Gasteiger partial charge in [0.2, 0.25) is 5.82 Å². The monoisotopic (exact) mass is 433 g/mol. The first kappa shape index (κ1) is 18.0. The number of hydrogen-bond acceptors (Lipinski definition) is 8. The van der Waals surface area contributed by atoms with Crippen molar-refractivity contribution in [1.82, 2.24) is 19.6 Å². The van der Waals surface area contributed by atoms with E-state index in [-0.39, 0.29) is 12.3 Å². The maximum Gasteiger partial charge on any atom is 0.269 e. The van der Waals surface area contributed by atoms with E-state index in [4.69, 9.17) is 14.1 Å². The Morgan fingerprint density at radius 2 is 2.06 bits per heavy atom. The molecule has 4 heterocycles. The van der Waals surface area contributed by atoms with Crippen LogP contribution in [0.5, 0.6) is 5.75 Å². The Labute approximate surface area is 179 Å². The molecule has 0 saturated heterocycles. The lowest BCUT2D eigenvalue weighted by molar-refractivity contribution is -0.384. The van der Waals surface area contributed by atoms with Gasteiger partial charge < -0.3 is 9.15 Å². The smallest absolute Gasteiger partial charge is 0.269 e. The van der Waals surface area contributed by atoms with Crippen LogP contribution in [0.15, 0.2) is 47.1 Å². The van der Waals surface area contributed by atoms with Crippen LogP contribution < -0.4 is 4.74 Å². The predicted octanol–water partition coefficient (Wildman–Crippen LogP) is 4.57. The first-order valence-corrected chi connectivity index (χ1v) is 10.6. The molecule has 1 aliphatic carbocycles. The summed E-state index contributed by atoms with van der Waals surface area (Å²) >= 11 is 1.75. The second kappa shape index (κ2) is 6.88.